The van der Waals surface area contributed by atoms with Gasteiger partial charge >= 0.3 is 6.03 Å². The SMILES string of the molecule is C[C@@H](NC(=O)NC[C@@H]1COC2(CCCCCC2)O1)c1ccncc1. The number of hydrogen-bond donors (Lipinski definition) is 2. The average Bonchev–Trinajstić information content (AvgIpc) is 2.85. The van der Waals surface area contributed by atoms with Crippen molar-refractivity contribution in [2.24, 2.45) is 0 Å². The summed E-state index contributed by atoms with van der Waals surface area (Å²) in [6.07, 6.45) is 10.1. The van der Waals surface area contributed by atoms with E-state index in [1.807, 2.05) is 19.1 Å². The van der Waals surface area contributed by atoms with Gasteiger partial charge in [0.1, 0.15) is 6.10 Å². The largest absolute Gasteiger partial charge is 0.347 e. The molecule has 1 saturated carbocycles. The molecule has 6 nitrogen and oxygen atoms in total. The number of urea groups is 1. The molecule has 2 heterocycles. The lowest BCUT2D eigenvalue weighted by Gasteiger charge is -2.26. The highest BCUT2D eigenvalue weighted by Gasteiger charge is 2.41. The van der Waals surface area contributed by atoms with Gasteiger partial charge in [-0.25, -0.2) is 4.79 Å². The summed E-state index contributed by atoms with van der Waals surface area (Å²) < 4.78 is 12.1. The van der Waals surface area contributed by atoms with Crippen LogP contribution in [0.5, 0.6) is 0 Å². The number of aromatic nitrogens is 1. The van der Waals surface area contributed by atoms with Gasteiger partial charge in [0.2, 0.25) is 0 Å². The first-order valence-electron chi connectivity index (χ1n) is 8.93. The molecule has 0 bridgehead atoms. The van der Waals surface area contributed by atoms with Crippen LogP contribution in [0.1, 0.15) is 57.1 Å². The van der Waals surface area contributed by atoms with Crippen molar-refractivity contribution in [2.45, 2.75) is 63.4 Å². The third-order valence-electron chi connectivity index (χ3n) is 4.82. The van der Waals surface area contributed by atoms with Gasteiger partial charge < -0.3 is 20.1 Å². The summed E-state index contributed by atoms with van der Waals surface area (Å²) in [4.78, 5) is 16.1. The molecule has 2 atom stereocenters. The van der Waals surface area contributed by atoms with Gasteiger partial charge in [0.05, 0.1) is 12.6 Å². The molecule has 2 fully saturated rings. The summed E-state index contributed by atoms with van der Waals surface area (Å²) in [5.74, 6) is -0.399. The van der Waals surface area contributed by atoms with Gasteiger partial charge in [-0.05, 0) is 37.5 Å². The maximum atomic E-state index is 12.1. The number of carbonyl (C=O) groups excluding carboxylic acids is 1. The van der Waals surface area contributed by atoms with E-state index in [2.05, 4.69) is 15.6 Å². The maximum Gasteiger partial charge on any atom is 0.315 e. The molecule has 1 spiro atoms. The summed E-state index contributed by atoms with van der Waals surface area (Å²) in [6.45, 7) is 2.97. The van der Waals surface area contributed by atoms with Crippen LogP contribution in [0.25, 0.3) is 0 Å². The Labute approximate surface area is 143 Å². The van der Waals surface area contributed by atoms with Gasteiger partial charge in [-0.15, -0.1) is 0 Å². The Kier molecular flexibility index (Phi) is 5.68. The summed E-state index contributed by atoms with van der Waals surface area (Å²) in [5.41, 5.74) is 1.03. The zero-order valence-electron chi connectivity index (χ0n) is 14.3. The van der Waals surface area contributed by atoms with E-state index in [1.54, 1.807) is 12.4 Å². The number of carbonyl (C=O) groups is 1. The molecule has 0 radical (unpaired) electrons. The highest BCUT2D eigenvalue weighted by Crippen LogP contribution is 2.36. The number of pyridine rings is 1. The third-order valence-corrected chi connectivity index (χ3v) is 4.82. The van der Waals surface area contributed by atoms with Crippen LogP contribution in [0.2, 0.25) is 0 Å². The number of rotatable bonds is 4. The predicted octanol–water partition coefficient (Wildman–Crippen LogP) is 2.91. The van der Waals surface area contributed by atoms with Crippen molar-refractivity contribution in [3.63, 3.8) is 0 Å². The molecule has 2 aliphatic rings. The van der Waals surface area contributed by atoms with Crippen LogP contribution in [-0.2, 0) is 9.47 Å². The smallest absolute Gasteiger partial charge is 0.315 e. The van der Waals surface area contributed by atoms with Crippen molar-refractivity contribution in [1.82, 2.24) is 15.6 Å². The molecule has 2 amide bonds. The molecule has 1 aliphatic heterocycles. The zero-order chi connectivity index (χ0) is 16.8. The quantitative estimate of drug-likeness (QED) is 0.889. The third kappa shape index (κ3) is 4.45. The van der Waals surface area contributed by atoms with E-state index >= 15 is 0 Å². The molecule has 2 N–H and O–H groups in total. The van der Waals surface area contributed by atoms with E-state index < -0.39 is 5.79 Å². The van der Waals surface area contributed by atoms with Crippen LogP contribution < -0.4 is 10.6 Å². The Morgan fingerprint density at radius 2 is 2.00 bits per heavy atom. The first-order chi connectivity index (χ1) is 11.7. The van der Waals surface area contributed by atoms with Crippen LogP contribution in [0.3, 0.4) is 0 Å². The lowest BCUT2D eigenvalue weighted by Crippen LogP contribution is -2.42. The Hall–Kier alpha value is -1.66. The molecule has 1 aliphatic carbocycles. The molecule has 1 saturated heterocycles. The van der Waals surface area contributed by atoms with Crippen LogP contribution >= 0.6 is 0 Å². The van der Waals surface area contributed by atoms with Crippen molar-refractivity contribution >= 4 is 6.03 Å². The van der Waals surface area contributed by atoms with E-state index in [0.29, 0.717) is 13.2 Å². The minimum Gasteiger partial charge on any atom is -0.347 e. The number of ether oxygens (including phenoxy) is 2. The van der Waals surface area contributed by atoms with Crippen molar-refractivity contribution in [3.8, 4) is 0 Å². The van der Waals surface area contributed by atoms with Gasteiger partial charge in [-0.2, -0.15) is 0 Å². The van der Waals surface area contributed by atoms with E-state index in [4.69, 9.17) is 9.47 Å². The number of nitrogens with one attached hydrogen (secondary N) is 2. The minimum absolute atomic E-state index is 0.0647. The fraction of sp³-hybridized carbons (Fsp3) is 0.667. The van der Waals surface area contributed by atoms with Crippen LogP contribution in [0, 0.1) is 0 Å². The average molecular weight is 333 g/mol. The number of hydrogen-bond acceptors (Lipinski definition) is 4. The van der Waals surface area contributed by atoms with Crippen LogP contribution in [0.15, 0.2) is 24.5 Å². The van der Waals surface area contributed by atoms with E-state index in [9.17, 15) is 4.79 Å². The molecule has 3 rings (SSSR count). The normalized spacial score (nSPS) is 24.3. The number of nitrogens with zero attached hydrogens (tertiary/aromatic N) is 1. The first-order valence-corrected chi connectivity index (χ1v) is 8.93. The standard InChI is InChI=1S/C18H27N3O3/c1-14(15-6-10-19-11-7-15)21-17(22)20-12-16-13-23-18(24-16)8-4-2-3-5-9-18/h6-7,10-11,14,16H,2-5,8-9,12-13H2,1H3,(H2,20,21,22)/t14-,16-/m1/s1. The molecule has 132 valence electrons. The van der Waals surface area contributed by atoms with E-state index in [0.717, 1.165) is 31.2 Å². The van der Waals surface area contributed by atoms with Crippen LogP contribution in [0.4, 0.5) is 4.79 Å². The number of amides is 2. The maximum absolute atomic E-state index is 12.1. The van der Waals surface area contributed by atoms with Crippen molar-refractivity contribution in [3.05, 3.63) is 30.1 Å². The van der Waals surface area contributed by atoms with Crippen LogP contribution in [-0.4, -0.2) is 36.1 Å². The van der Waals surface area contributed by atoms with E-state index in [-0.39, 0.29) is 18.2 Å². The second kappa shape index (κ2) is 7.94. The van der Waals surface area contributed by atoms with Gasteiger partial charge in [-0.3, -0.25) is 4.98 Å². The molecule has 6 heteroatoms. The van der Waals surface area contributed by atoms with Crippen molar-refractivity contribution in [2.75, 3.05) is 13.2 Å². The fourth-order valence-electron chi connectivity index (χ4n) is 3.44. The van der Waals surface area contributed by atoms with Crippen molar-refractivity contribution in [1.29, 1.82) is 0 Å². The predicted molar refractivity (Wildman–Crippen MR) is 90.4 cm³/mol. The summed E-state index contributed by atoms with van der Waals surface area (Å²) in [6, 6.07) is 3.54. The lowest BCUT2D eigenvalue weighted by molar-refractivity contribution is -0.175. The lowest BCUT2D eigenvalue weighted by atomic mass is 10.1. The molecular weight excluding hydrogens is 306 g/mol. The van der Waals surface area contributed by atoms with Gasteiger partial charge in [0, 0.05) is 31.8 Å². The minimum atomic E-state index is -0.399. The first kappa shape index (κ1) is 17.2. The molecule has 1 aromatic heterocycles. The Morgan fingerprint density at radius 1 is 1.29 bits per heavy atom. The summed E-state index contributed by atoms with van der Waals surface area (Å²) >= 11 is 0. The molecule has 0 aromatic carbocycles. The Balaban J connectivity index is 1.42. The summed E-state index contributed by atoms with van der Waals surface area (Å²) in [7, 11) is 0. The van der Waals surface area contributed by atoms with Gasteiger partial charge in [0.25, 0.3) is 0 Å². The fourth-order valence-corrected chi connectivity index (χ4v) is 3.44. The molecular formula is C18H27N3O3. The molecule has 24 heavy (non-hydrogen) atoms. The van der Waals surface area contributed by atoms with Gasteiger partial charge in [-0.1, -0.05) is 12.8 Å². The van der Waals surface area contributed by atoms with Gasteiger partial charge in [0.15, 0.2) is 5.79 Å². The molecule has 0 unspecified atom stereocenters. The Bertz CT molecular complexity index is 530. The second-order valence-electron chi connectivity index (χ2n) is 6.73. The van der Waals surface area contributed by atoms with E-state index in [1.165, 1.54) is 12.8 Å². The topological polar surface area (TPSA) is 72.5 Å². The van der Waals surface area contributed by atoms with Crippen molar-refractivity contribution < 1.29 is 14.3 Å². The monoisotopic (exact) mass is 333 g/mol. The highest BCUT2D eigenvalue weighted by atomic mass is 16.7. The second-order valence-corrected chi connectivity index (χ2v) is 6.73. The summed E-state index contributed by atoms with van der Waals surface area (Å²) in [5, 5.41) is 5.82. The molecule has 1 aromatic rings. The zero-order valence-corrected chi connectivity index (χ0v) is 14.3. The Morgan fingerprint density at radius 3 is 2.71 bits per heavy atom. The highest BCUT2D eigenvalue weighted by molar-refractivity contribution is 5.74.